The number of aliphatic hydroxyl groups excluding tert-OH is 3. The van der Waals surface area contributed by atoms with Gasteiger partial charge in [-0.3, -0.25) is 4.79 Å². The van der Waals surface area contributed by atoms with E-state index in [4.69, 9.17) is 12.8 Å². The zero-order valence-electron chi connectivity index (χ0n) is 20.1. The topological polar surface area (TPSA) is 77.8 Å². The van der Waals surface area contributed by atoms with Gasteiger partial charge in [0.1, 0.15) is 18.3 Å². The molecule has 4 heteroatoms. The van der Waals surface area contributed by atoms with Gasteiger partial charge in [-0.1, -0.05) is 55.6 Å². The van der Waals surface area contributed by atoms with E-state index in [9.17, 15) is 20.1 Å². The minimum absolute atomic E-state index is 0.297. The molecular weight excluding hydrogens is 424 g/mol. The van der Waals surface area contributed by atoms with Gasteiger partial charge in [-0.15, -0.1) is 24.7 Å². The van der Waals surface area contributed by atoms with Gasteiger partial charge in [-0.2, -0.15) is 0 Å². The number of allylic oxidation sites excluding steroid dienone is 3. The molecule has 3 N–H and O–H groups in total. The molecule has 0 aromatic carbocycles. The highest BCUT2D eigenvalue weighted by molar-refractivity contribution is 6.03. The molecule has 0 fully saturated rings. The van der Waals surface area contributed by atoms with Gasteiger partial charge < -0.3 is 15.3 Å². The van der Waals surface area contributed by atoms with Gasteiger partial charge in [0, 0.05) is 12.8 Å². The van der Waals surface area contributed by atoms with E-state index in [0.717, 1.165) is 70.6 Å². The van der Waals surface area contributed by atoms with Crippen LogP contribution in [0.4, 0.5) is 0 Å². The summed E-state index contributed by atoms with van der Waals surface area (Å²) in [6.45, 7) is 0. The van der Waals surface area contributed by atoms with Crippen molar-refractivity contribution in [2.24, 2.45) is 0 Å². The van der Waals surface area contributed by atoms with Gasteiger partial charge in [0.05, 0.1) is 0 Å². The average Bonchev–Trinajstić information content (AvgIpc) is 2.84. The minimum atomic E-state index is -0.911. The van der Waals surface area contributed by atoms with Gasteiger partial charge in [-0.05, 0) is 68.7 Å². The molecule has 3 atom stereocenters. The third-order valence-electron chi connectivity index (χ3n) is 4.72. The van der Waals surface area contributed by atoms with Gasteiger partial charge in [-0.25, -0.2) is 0 Å². The number of hydrogen-bond acceptors (Lipinski definition) is 4. The lowest BCUT2D eigenvalue weighted by atomic mass is 10.1. The Bertz CT molecular complexity index is 843. The molecule has 0 saturated heterocycles. The number of carbonyl (C=O) groups is 1. The quantitative estimate of drug-likeness (QED) is 0.105. The van der Waals surface area contributed by atoms with Crippen LogP contribution >= 0.6 is 0 Å². The average molecular weight is 463 g/mol. The number of ketones is 1. The van der Waals surface area contributed by atoms with Crippen molar-refractivity contribution in [2.75, 3.05) is 0 Å². The summed E-state index contributed by atoms with van der Waals surface area (Å²) in [5, 5.41) is 28.9. The van der Waals surface area contributed by atoms with Crippen LogP contribution in [0.5, 0.6) is 0 Å². The van der Waals surface area contributed by atoms with E-state index in [1.807, 2.05) is 18.1 Å². The molecule has 0 radical (unpaired) electrons. The number of rotatable bonds is 16. The molecule has 0 saturated carbocycles. The molecule has 0 aliphatic rings. The number of terminal acetylenes is 2. The maximum absolute atomic E-state index is 10.9. The summed E-state index contributed by atoms with van der Waals surface area (Å²) < 4.78 is 0. The van der Waals surface area contributed by atoms with Crippen LogP contribution in [0.3, 0.4) is 0 Å². The third kappa shape index (κ3) is 22.2. The SMILES string of the molecule is C#CC(=O)/C=C/CCCCCCC#C[C@@H](O)/C=C\[C@H](O)C#CCCCCCC/C=C/[C@H](O)C#C. The van der Waals surface area contributed by atoms with E-state index in [1.165, 1.54) is 18.2 Å². The van der Waals surface area contributed by atoms with E-state index < -0.39 is 18.3 Å². The van der Waals surface area contributed by atoms with E-state index in [-0.39, 0.29) is 5.78 Å². The maximum atomic E-state index is 10.9. The molecule has 0 bridgehead atoms. The van der Waals surface area contributed by atoms with Gasteiger partial charge in [0.2, 0.25) is 5.78 Å². The van der Waals surface area contributed by atoms with Crippen LogP contribution in [0, 0.1) is 48.4 Å². The molecule has 0 unspecified atom stereocenters. The van der Waals surface area contributed by atoms with E-state index >= 15 is 0 Å². The lowest BCUT2D eigenvalue weighted by Gasteiger charge is -1.98. The number of hydrogen-bond donors (Lipinski definition) is 3. The molecule has 0 heterocycles. The van der Waals surface area contributed by atoms with Crippen molar-refractivity contribution in [1.82, 2.24) is 0 Å². The molecule has 4 nitrogen and oxygen atoms in total. The summed E-state index contributed by atoms with van der Waals surface area (Å²) in [5.41, 5.74) is 0. The zero-order chi connectivity index (χ0) is 25.3. The molecule has 0 aliphatic carbocycles. The van der Waals surface area contributed by atoms with Crippen molar-refractivity contribution < 1.29 is 20.1 Å². The van der Waals surface area contributed by atoms with Crippen molar-refractivity contribution in [2.45, 2.75) is 95.4 Å². The summed E-state index contributed by atoms with van der Waals surface area (Å²) in [5.74, 6) is 15.4. The van der Waals surface area contributed by atoms with Crippen LogP contribution in [0.25, 0.3) is 0 Å². The smallest absolute Gasteiger partial charge is 0.228 e. The Kier molecular flexibility index (Phi) is 21.1. The number of carbonyl (C=O) groups excluding carboxylic acids is 1. The molecule has 0 spiro atoms. The molecule has 34 heavy (non-hydrogen) atoms. The molecule has 0 aromatic rings. The Morgan fingerprint density at radius 3 is 1.68 bits per heavy atom. The lowest BCUT2D eigenvalue weighted by Crippen LogP contribution is -2.02. The second-order valence-electron chi connectivity index (χ2n) is 7.77. The van der Waals surface area contributed by atoms with Crippen LogP contribution in [-0.4, -0.2) is 39.4 Å². The summed E-state index contributed by atoms with van der Waals surface area (Å²) in [7, 11) is 0. The third-order valence-corrected chi connectivity index (χ3v) is 4.72. The van der Waals surface area contributed by atoms with Crippen molar-refractivity contribution in [3.63, 3.8) is 0 Å². The van der Waals surface area contributed by atoms with Crippen LogP contribution in [-0.2, 0) is 4.79 Å². The summed E-state index contributed by atoms with van der Waals surface area (Å²) in [4.78, 5) is 10.9. The van der Waals surface area contributed by atoms with E-state index in [0.29, 0.717) is 6.42 Å². The fourth-order valence-electron chi connectivity index (χ4n) is 2.84. The normalized spacial score (nSPS) is 13.4. The van der Waals surface area contributed by atoms with Crippen molar-refractivity contribution in [1.29, 1.82) is 0 Å². The highest BCUT2D eigenvalue weighted by Crippen LogP contribution is 2.06. The molecule has 0 aromatic heterocycles. The Hall–Kier alpha value is -2.99. The van der Waals surface area contributed by atoms with E-state index in [2.05, 4.69) is 29.6 Å². The highest BCUT2D eigenvalue weighted by atomic mass is 16.3. The van der Waals surface area contributed by atoms with Gasteiger partial charge >= 0.3 is 0 Å². The largest absolute Gasteiger partial charge is 0.377 e. The first-order chi connectivity index (χ1) is 16.5. The van der Waals surface area contributed by atoms with Crippen molar-refractivity contribution in [3.05, 3.63) is 36.5 Å². The summed E-state index contributed by atoms with van der Waals surface area (Å²) in [6.07, 6.45) is 28.5. The first kappa shape index (κ1) is 31.0. The Balaban J connectivity index is 3.79. The fraction of sp³-hybridized carbons (Fsp3) is 0.500. The Morgan fingerprint density at radius 1 is 0.676 bits per heavy atom. The molecule has 0 amide bonds. The van der Waals surface area contributed by atoms with Crippen molar-refractivity contribution in [3.8, 4) is 48.4 Å². The highest BCUT2D eigenvalue weighted by Gasteiger charge is 1.96. The van der Waals surface area contributed by atoms with Crippen LogP contribution < -0.4 is 0 Å². The van der Waals surface area contributed by atoms with E-state index in [1.54, 1.807) is 6.08 Å². The predicted octanol–water partition coefficient (Wildman–Crippen LogP) is 4.26. The van der Waals surface area contributed by atoms with Gasteiger partial charge in [0.25, 0.3) is 0 Å². The molecular formula is C30H38O4. The number of aliphatic hydroxyl groups is 3. The molecule has 182 valence electrons. The molecule has 0 aliphatic heterocycles. The first-order valence-electron chi connectivity index (χ1n) is 12.0. The van der Waals surface area contributed by atoms with Crippen LogP contribution in [0.2, 0.25) is 0 Å². The van der Waals surface area contributed by atoms with Gasteiger partial charge in [0.15, 0.2) is 0 Å². The molecule has 0 rings (SSSR count). The van der Waals surface area contributed by atoms with Crippen molar-refractivity contribution >= 4 is 5.78 Å². The second-order valence-corrected chi connectivity index (χ2v) is 7.77. The van der Waals surface area contributed by atoms with Crippen LogP contribution in [0.1, 0.15) is 77.0 Å². The second kappa shape index (κ2) is 23.2. The summed E-state index contributed by atoms with van der Waals surface area (Å²) in [6, 6.07) is 0. The summed E-state index contributed by atoms with van der Waals surface area (Å²) >= 11 is 0. The predicted molar refractivity (Wildman–Crippen MR) is 139 cm³/mol. The lowest BCUT2D eigenvalue weighted by molar-refractivity contribution is -0.109. The van der Waals surface area contributed by atoms with Crippen LogP contribution in [0.15, 0.2) is 36.5 Å². The fourth-order valence-corrected chi connectivity index (χ4v) is 2.84. The first-order valence-corrected chi connectivity index (χ1v) is 12.0. The Morgan fingerprint density at radius 2 is 1.18 bits per heavy atom. The standard InChI is InChI=1S/C30H38O4/c1-3-27(31)21-17-13-9-5-7-11-15-19-23-29(33)25-26-30(34)24-20-16-12-8-6-10-14-18-22-28(32)4-2/h1-2,17-18,21-22,25-27,29-31,33-34H,5-16H2/b21-17+,22-18+,26-25-/t27-,29-,30-/m1/s1. The maximum Gasteiger partial charge on any atom is 0.228 e. The monoisotopic (exact) mass is 462 g/mol. The minimum Gasteiger partial charge on any atom is -0.377 e. The number of unbranched alkanes of at least 4 members (excludes halogenated alkanes) is 10. The Labute approximate surface area is 206 Å². The zero-order valence-corrected chi connectivity index (χ0v) is 20.1.